The quantitative estimate of drug-likeness (QED) is 0.615. The monoisotopic (exact) mass is 270 g/mol. The van der Waals surface area contributed by atoms with Crippen LogP contribution in [0.2, 0.25) is 0 Å². The zero-order chi connectivity index (χ0) is 9.97. The summed E-state index contributed by atoms with van der Waals surface area (Å²) in [4.78, 5) is 0. The minimum Gasteiger partial charge on any atom is -1.00 e. The highest BCUT2D eigenvalue weighted by Gasteiger charge is 2.04. The summed E-state index contributed by atoms with van der Waals surface area (Å²) in [5.74, 6) is -0.204. The summed E-state index contributed by atoms with van der Waals surface area (Å²) in [5, 5.41) is 0. The van der Waals surface area contributed by atoms with Crippen molar-refractivity contribution in [3.63, 3.8) is 0 Å². The molecular formula is C11H12BrFN2. The summed E-state index contributed by atoms with van der Waals surface area (Å²) in [7, 11) is 0. The van der Waals surface area contributed by atoms with Crippen LogP contribution in [0.15, 0.2) is 43.0 Å². The second-order valence-electron chi connectivity index (χ2n) is 3.13. The molecule has 0 N–H and O–H groups in total. The molecule has 2 aromatic rings. The normalized spacial score (nSPS) is 9.73. The Hall–Kier alpha value is -1.16. The van der Waals surface area contributed by atoms with Gasteiger partial charge in [-0.25, -0.2) is 13.5 Å². The highest BCUT2D eigenvalue weighted by Crippen LogP contribution is 2.07. The average Bonchev–Trinajstić information content (AvgIpc) is 2.67. The van der Waals surface area contributed by atoms with Gasteiger partial charge in [-0.2, -0.15) is 0 Å². The van der Waals surface area contributed by atoms with Gasteiger partial charge in [-0.3, -0.25) is 0 Å². The molecule has 2 rings (SSSR count). The first kappa shape index (κ1) is 11.9. The first-order chi connectivity index (χ1) is 6.79. The van der Waals surface area contributed by atoms with E-state index in [0.717, 1.165) is 12.2 Å². The Labute approximate surface area is 98.7 Å². The Kier molecular flexibility index (Phi) is 4.03. The largest absolute Gasteiger partial charge is 1.00 e. The zero-order valence-electron chi connectivity index (χ0n) is 8.40. The molecule has 1 aromatic heterocycles. The number of rotatable bonds is 2. The van der Waals surface area contributed by atoms with E-state index < -0.39 is 0 Å². The Morgan fingerprint density at radius 1 is 1.27 bits per heavy atom. The molecule has 0 saturated carbocycles. The van der Waals surface area contributed by atoms with Gasteiger partial charge in [0.05, 0.1) is 6.54 Å². The van der Waals surface area contributed by atoms with Crippen molar-refractivity contribution in [2.75, 3.05) is 0 Å². The van der Waals surface area contributed by atoms with E-state index in [1.54, 1.807) is 12.1 Å². The number of nitrogens with zero attached hydrogens (tertiary/aromatic N) is 2. The maximum Gasteiger partial charge on any atom is 0.248 e. The Morgan fingerprint density at radius 2 is 1.93 bits per heavy atom. The lowest BCUT2D eigenvalue weighted by Gasteiger charge is -1.94. The number of aromatic nitrogens is 2. The number of hydrogen-bond acceptors (Lipinski definition) is 0. The molecule has 0 aliphatic rings. The smallest absolute Gasteiger partial charge is 0.248 e. The van der Waals surface area contributed by atoms with E-state index in [4.69, 9.17) is 0 Å². The van der Waals surface area contributed by atoms with E-state index in [1.807, 2.05) is 23.3 Å². The van der Waals surface area contributed by atoms with Crippen LogP contribution in [0.25, 0.3) is 5.69 Å². The molecule has 80 valence electrons. The van der Waals surface area contributed by atoms with E-state index in [-0.39, 0.29) is 22.8 Å². The molecule has 0 atom stereocenters. The highest BCUT2D eigenvalue weighted by molar-refractivity contribution is 5.30. The van der Waals surface area contributed by atoms with Crippen LogP contribution in [0.5, 0.6) is 0 Å². The molecule has 1 aromatic carbocycles. The molecule has 0 saturated heterocycles. The Morgan fingerprint density at radius 3 is 2.47 bits per heavy atom. The van der Waals surface area contributed by atoms with Gasteiger partial charge in [0.15, 0.2) is 0 Å². The fraction of sp³-hybridized carbons (Fsp3) is 0.182. The predicted molar refractivity (Wildman–Crippen MR) is 51.6 cm³/mol. The molecule has 4 heteroatoms. The summed E-state index contributed by atoms with van der Waals surface area (Å²) >= 11 is 0. The fourth-order valence-corrected chi connectivity index (χ4v) is 1.35. The minimum absolute atomic E-state index is 0. The van der Waals surface area contributed by atoms with Gasteiger partial charge in [0, 0.05) is 0 Å². The van der Waals surface area contributed by atoms with Crippen molar-refractivity contribution in [1.29, 1.82) is 0 Å². The van der Waals surface area contributed by atoms with Crippen LogP contribution in [0, 0.1) is 5.82 Å². The molecule has 0 radical (unpaired) electrons. The number of imidazole rings is 1. The highest BCUT2D eigenvalue weighted by atomic mass is 79.9. The second kappa shape index (κ2) is 5.07. The van der Waals surface area contributed by atoms with Crippen molar-refractivity contribution in [2.24, 2.45) is 0 Å². The van der Waals surface area contributed by atoms with Crippen molar-refractivity contribution in [3.8, 4) is 5.69 Å². The van der Waals surface area contributed by atoms with Gasteiger partial charge in [-0.05, 0) is 31.2 Å². The van der Waals surface area contributed by atoms with E-state index in [9.17, 15) is 4.39 Å². The van der Waals surface area contributed by atoms with Crippen LogP contribution in [-0.2, 0) is 6.54 Å². The average molecular weight is 271 g/mol. The molecule has 15 heavy (non-hydrogen) atoms. The fourth-order valence-electron chi connectivity index (χ4n) is 1.35. The van der Waals surface area contributed by atoms with Crippen LogP contribution < -0.4 is 21.5 Å². The first-order valence-electron chi connectivity index (χ1n) is 4.62. The van der Waals surface area contributed by atoms with Gasteiger partial charge in [0.2, 0.25) is 6.33 Å². The summed E-state index contributed by atoms with van der Waals surface area (Å²) in [6, 6.07) is 6.45. The number of hydrogen-bond donors (Lipinski definition) is 0. The third-order valence-electron chi connectivity index (χ3n) is 2.18. The molecule has 0 spiro atoms. The van der Waals surface area contributed by atoms with Gasteiger partial charge in [0.1, 0.15) is 23.9 Å². The molecule has 0 amide bonds. The second-order valence-corrected chi connectivity index (χ2v) is 3.13. The molecular weight excluding hydrogens is 259 g/mol. The summed E-state index contributed by atoms with van der Waals surface area (Å²) in [6.45, 7) is 3.02. The van der Waals surface area contributed by atoms with Crippen LogP contribution in [0.1, 0.15) is 6.92 Å². The SMILES string of the molecule is CC[n+]1ccn(-c2ccc(F)cc2)c1.[Br-]. The lowest BCUT2D eigenvalue weighted by Crippen LogP contribution is -3.00. The first-order valence-corrected chi connectivity index (χ1v) is 4.62. The van der Waals surface area contributed by atoms with E-state index in [1.165, 1.54) is 12.1 Å². The van der Waals surface area contributed by atoms with Crippen LogP contribution in [0.4, 0.5) is 4.39 Å². The predicted octanol–water partition coefficient (Wildman–Crippen LogP) is -1.07. The number of aryl methyl sites for hydroxylation is 1. The molecule has 0 unspecified atom stereocenters. The van der Waals surface area contributed by atoms with Gasteiger partial charge in [-0.1, -0.05) is 0 Å². The molecule has 0 aliphatic carbocycles. The molecule has 0 aliphatic heterocycles. The van der Waals surface area contributed by atoms with Crippen molar-refractivity contribution in [3.05, 3.63) is 48.8 Å². The summed E-state index contributed by atoms with van der Waals surface area (Å²) in [5.41, 5.74) is 0.971. The topological polar surface area (TPSA) is 8.81 Å². The minimum atomic E-state index is -0.204. The summed E-state index contributed by atoms with van der Waals surface area (Å²) in [6.07, 6.45) is 5.92. The van der Waals surface area contributed by atoms with Crippen LogP contribution >= 0.6 is 0 Å². The maximum atomic E-state index is 12.7. The number of halogens is 2. The molecule has 2 nitrogen and oxygen atoms in total. The van der Waals surface area contributed by atoms with Crippen molar-refractivity contribution in [1.82, 2.24) is 4.57 Å². The lowest BCUT2D eigenvalue weighted by molar-refractivity contribution is -0.692. The van der Waals surface area contributed by atoms with Crippen molar-refractivity contribution >= 4 is 0 Å². The molecule has 0 bridgehead atoms. The standard InChI is InChI=1S/C11H12FN2.BrH/c1-2-13-7-8-14(9-13)11-5-3-10(12)4-6-11;/h3-9H,2H2,1H3;1H/q+1;/p-1. The van der Waals surface area contributed by atoms with E-state index >= 15 is 0 Å². The van der Waals surface area contributed by atoms with Crippen molar-refractivity contribution < 1.29 is 25.9 Å². The zero-order valence-corrected chi connectivity index (χ0v) is 9.98. The Balaban J connectivity index is 0.00000112. The van der Waals surface area contributed by atoms with Crippen LogP contribution in [0.3, 0.4) is 0 Å². The third-order valence-corrected chi connectivity index (χ3v) is 2.18. The molecule has 1 heterocycles. The molecule has 0 fully saturated rings. The van der Waals surface area contributed by atoms with Gasteiger partial charge in [0.25, 0.3) is 0 Å². The van der Waals surface area contributed by atoms with E-state index in [0.29, 0.717) is 0 Å². The van der Waals surface area contributed by atoms with E-state index in [2.05, 4.69) is 11.5 Å². The Bertz CT molecular complexity index is 422. The van der Waals surface area contributed by atoms with Crippen molar-refractivity contribution in [2.45, 2.75) is 13.5 Å². The lowest BCUT2D eigenvalue weighted by atomic mass is 10.3. The third kappa shape index (κ3) is 2.65. The summed E-state index contributed by atoms with van der Waals surface area (Å²) < 4.78 is 16.7. The van der Waals surface area contributed by atoms with Gasteiger partial charge in [-0.15, -0.1) is 0 Å². The number of benzene rings is 1. The maximum absolute atomic E-state index is 12.7. The van der Waals surface area contributed by atoms with Gasteiger partial charge >= 0.3 is 0 Å². The van der Waals surface area contributed by atoms with Crippen LogP contribution in [-0.4, -0.2) is 4.57 Å². The van der Waals surface area contributed by atoms with Gasteiger partial charge < -0.3 is 17.0 Å².